The maximum atomic E-state index is 12.4. The van der Waals surface area contributed by atoms with E-state index in [1.807, 2.05) is 24.3 Å². The molecule has 2 aromatic rings. The van der Waals surface area contributed by atoms with Crippen LogP contribution in [0.5, 0.6) is 5.75 Å². The van der Waals surface area contributed by atoms with E-state index in [1.54, 1.807) is 18.9 Å². The number of thioether (sulfide) groups is 1. The summed E-state index contributed by atoms with van der Waals surface area (Å²) in [5.74, 6) is 2.74. The maximum Gasteiger partial charge on any atom is 0.230 e. The summed E-state index contributed by atoms with van der Waals surface area (Å²) in [5.41, 5.74) is 3.63. The Balaban J connectivity index is 1.89. The van der Waals surface area contributed by atoms with Gasteiger partial charge in [-0.3, -0.25) is 4.79 Å². The third-order valence-electron chi connectivity index (χ3n) is 4.18. The molecule has 140 valence electrons. The van der Waals surface area contributed by atoms with E-state index < -0.39 is 0 Å². The van der Waals surface area contributed by atoms with E-state index in [-0.39, 0.29) is 11.9 Å². The molecule has 0 aromatic heterocycles. The van der Waals surface area contributed by atoms with Crippen molar-refractivity contribution >= 4 is 17.7 Å². The molecular weight excluding hydrogens is 342 g/mol. The fourth-order valence-electron chi connectivity index (χ4n) is 2.77. The first-order chi connectivity index (χ1) is 12.5. The van der Waals surface area contributed by atoms with Crippen LogP contribution in [-0.4, -0.2) is 18.8 Å². The smallest absolute Gasteiger partial charge is 0.230 e. The summed E-state index contributed by atoms with van der Waals surface area (Å²) >= 11 is 1.65. The molecule has 0 aliphatic rings. The fourth-order valence-corrected chi connectivity index (χ4v) is 3.57. The van der Waals surface area contributed by atoms with Gasteiger partial charge >= 0.3 is 0 Å². The second-order valence-electron chi connectivity index (χ2n) is 7.00. The lowest BCUT2D eigenvalue weighted by Crippen LogP contribution is -2.30. The first-order valence-corrected chi connectivity index (χ1v) is 10.2. The largest absolute Gasteiger partial charge is 0.497 e. The van der Waals surface area contributed by atoms with Gasteiger partial charge in [0, 0.05) is 5.75 Å². The zero-order valence-electron chi connectivity index (χ0n) is 16.1. The first kappa shape index (κ1) is 20.4. The molecule has 0 saturated carbocycles. The number of carbonyl (C=O) groups excluding carboxylic acids is 1. The van der Waals surface area contributed by atoms with Crippen molar-refractivity contribution in [3.8, 4) is 5.75 Å². The topological polar surface area (TPSA) is 38.3 Å². The van der Waals surface area contributed by atoms with Gasteiger partial charge in [0.1, 0.15) is 5.75 Å². The SMILES string of the molecule is COc1ccc([C@H](CC(C)C)NC(=O)CSCc2ccc(C)cc2)cc1. The van der Waals surface area contributed by atoms with Gasteiger partial charge in [-0.05, 0) is 42.5 Å². The van der Waals surface area contributed by atoms with Crippen LogP contribution >= 0.6 is 11.8 Å². The van der Waals surface area contributed by atoms with Gasteiger partial charge in [0.2, 0.25) is 5.91 Å². The van der Waals surface area contributed by atoms with Crippen molar-refractivity contribution in [2.24, 2.45) is 5.92 Å². The summed E-state index contributed by atoms with van der Waals surface area (Å²) < 4.78 is 5.22. The zero-order valence-corrected chi connectivity index (χ0v) is 16.9. The molecule has 0 aliphatic carbocycles. The molecule has 0 fully saturated rings. The summed E-state index contributed by atoms with van der Waals surface area (Å²) in [6.45, 7) is 6.43. The predicted octanol–water partition coefficient (Wildman–Crippen LogP) is 5.14. The molecule has 4 heteroatoms. The van der Waals surface area contributed by atoms with Crippen molar-refractivity contribution in [1.82, 2.24) is 5.32 Å². The van der Waals surface area contributed by atoms with Gasteiger partial charge in [-0.2, -0.15) is 0 Å². The molecule has 0 saturated heterocycles. The Labute approximate surface area is 161 Å². The van der Waals surface area contributed by atoms with Crippen LogP contribution in [0.25, 0.3) is 0 Å². The summed E-state index contributed by atoms with van der Waals surface area (Å²) in [4.78, 5) is 12.4. The average Bonchev–Trinajstić information content (AvgIpc) is 2.62. The van der Waals surface area contributed by atoms with Crippen LogP contribution in [0.4, 0.5) is 0 Å². The maximum absolute atomic E-state index is 12.4. The Hall–Kier alpha value is -1.94. The number of methoxy groups -OCH3 is 1. The Bertz CT molecular complexity index is 680. The Kier molecular flexibility index (Phi) is 8.05. The third kappa shape index (κ3) is 6.75. The molecule has 26 heavy (non-hydrogen) atoms. The third-order valence-corrected chi connectivity index (χ3v) is 5.19. The highest BCUT2D eigenvalue weighted by Gasteiger charge is 2.16. The number of ether oxygens (including phenoxy) is 1. The van der Waals surface area contributed by atoms with Crippen LogP contribution in [0.1, 0.15) is 43.0 Å². The molecule has 1 atom stereocenters. The molecule has 1 amide bonds. The van der Waals surface area contributed by atoms with E-state index in [4.69, 9.17) is 4.74 Å². The molecule has 2 aromatic carbocycles. The highest BCUT2D eigenvalue weighted by Crippen LogP contribution is 2.24. The van der Waals surface area contributed by atoms with E-state index in [0.717, 1.165) is 23.5 Å². The minimum Gasteiger partial charge on any atom is -0.497 e. The van der Waals surface area contributed by atoms with Gasteiger partial charge in [0.05, 0.1) is 18.9 Å². The lowest BCUT2D eigenvalue weighted by Gasteiger charge is -2.21. The van der Waals surface area contributed by atoms with E-state index >= 15 is 0 Å². The van der Waals surface area contributed by atoms with Crippen LogP contribution in [-0.2, 0) is 10.5 Å². The fraction of sp³-hybridized carbons (Fsp3) is 0.409. The number of benzene rings is 2. The van der Waals surface area contributed by atoms with Gasteiger partial charge in [-0.15, -0.1) is 11.8 Å². The molecule has 0 bridgehead atoms. The summed E-state index contributed by atoms with van der Waals surface area (Å²) in [7, 11) is 1.66. The number of nitrogens with one attached hydrogen (secondary N) is 1. The first-order valence-electron chi connectivity index (χ1n) is 9.04. The van der Waals surface area contributed by atoms with Gasteiger partial charge < -0.3 is 10.1 Å². The lowest BCUT2D eigenvalue weighted by molar-refractivity contribution is -0.119. The summed E-state index contributed by atoms with van der Waals surface area (Å²) in [6.07, 6.45) is 0.917. The molecule has 0 unspecified atom stereocenters. The second kappa shape index (κ2) is 10.3. The van der Waals surface area contributed by atoms with E-state index in [2.05, 4.69) is 50.4 Å². The molecule has 2 rings (SSSR count). The predicted molar refractivity (Wildman–Crippen MR) is 111 cm³/mol. The molecule has 0 aliphatic heterocycles. The Morgan fingerprint density at radius 2 is 1.73 bits per heavy atom. The van der Waals surface area contributed by atoms with E-state index in [9.17, 15) is 4.79 Å². The Morgan fingerprint density at radius 3 is 2.31 bits per heavy atom. The van der Waals surface area contributed by atoms with Gasteiger partial charge in [0.15, 0.2) is 0 Å². The van der Waals surface area contributed by atoms with Crippen molar-refractivity contribution in [3.63, 3.8) is 0 Å². The van der Waals surface area contributed by atoms with Crippen LogP contribution < -0.4 is 10.1 Å². The number of hydrogen-bond donors (Lipinski definition) is 1. The van der Waals surface area contributed by atoms with Gasteiger partial charge in [-0.1, -0.05) is 55.8 Å². The molecule has 0 heterocycles. The number of aryl methyl sites for hydroxylation is 1. The minimum absolute atomic E-state index is 0.0355. The minimum atomic E-state index is 0.0355. The molecule has 3 nitrogen and oxygen atoms in total. The molecular formula is C22H29NO2S. The Morgan fingerprint density at radius 1 is 1.08 bits per heavy atom. The lowest BCUT2D eigenvalue weighted by atomic mass is 9.97. The van der Waals surface area contributed by atoms with Crippen LogP contribution in [0.3, 0.4) is 0 Å². The van der Waals surface area contributed by atoms with Gasteiger partial charge in [0.25, 0.3) is 0 Å². The number of rotatable bonds is 9. The monoisotopic (exact) mass is 371 g/mol. The average molecular weight is 372 g/mol. The highest BCUT2D eigenvalue weighted by molar-refractivity contribution is 7.99. The normalized spacial score (nSPS) is 12.0. The highest BCUT2D eigenvalue weighted by atomic mass is 32.2. The summed E-state index contributed by atoms with van der Waals surface area (Å²) in [5, 5.41) is 3.20. The van der Waals surface area contributed by atoms with Crippen molar-refractivity contribution in [2.75, 3.05) is 12.9 Å². The molecule has 0 radical (unpaired) electrons. The van der Waals surface area contributed by atoms with Crippen LogP contribution in [0, 0.1) is 12.8 Å². The quantitative estimate of drug-likeness (QED) is 0.663. The zero-order chi connectivity index (χ0) is 18.9. The molecule has 0 spiro atoms. The number of carbonyl (C=O) groups is 1. The summed E-state index contributed by atoms with van der Waals surface area (Å²) in [6, 6.07) is 16.5. The van der Waals surface area contributed by atoms with Crippen molar-refractivity contribution in [3.05, 3.63) is 65.2 Å². The van der Waals surface area contributed by atoms with Gasteiger partial charge in [-0.25, -0.2) is 0 Å². The molecule has 1 N–H and O–H groups in total. The van der Waals surface area contributed by atoms with Crippen LogP contribution in [0.15, 0.2) is 48.5 Å². The standard InChI is InChI=1S/C22H29NO2S/c1-16(2)13-21(19-9-11-20(25-4)12-10-19)23-22(24)15-26-14-18-7-5-17(3)6-8-18/h5-12,16,21H,13-15H2,1-4H3,(H,23,24)/t21-/m0/s1. The van der Waals surface area contributed by atoms with Crippen molar-refractivity contribution in [2.45, 2.75) is 39.0 Å². The van der Waals surface area contributed by atoms with E-state index in [0.29, 0.717) is 11.7 Å². The number of amides is 1. The number of hydrogen-bond acceptors (Lipinski definition) is 3. The van der Waals surface area contributed by atoms with E-state index in [1.165, 1.54) is 11.1 Å². The van der Waals surface area contributed by atoms with Crippen molar-refractivity contribution < 1.29 is 9.53 Å². The van der Waals surface area contributed by atoms with Crippen LogP contribution in [0.2, 0.25) is 0 Å². The van der Waals surface area contributed by atoms with Crippen molar-refractivity contribution in [1.29, 1.82) is 0 Å². The second-order valence-corrected chi connectivity index (χ2v) is 7.99.